The summed E-state index contributed by atoms with van der Waals surface area (Å²) < 4.78 is 0. The van der Waals surface area contributed by atoms with Crippen molar-refractivity contribution in [1.29, 1.82) is 0 Å². The number of carbonyl (C=O) groups is 1. The first-order valence-corrected chi connectivity index (χ1v) is 4.59. The smallest absolute Gasteiger partial charge is 0.119 e. The van der Waals surface area contributed by atoms with Crippen molar-refractivity contribution >= 4 is 6.29 Å². The molecule has 0 spiro atoms. The molecule has 0 aromatic rings. The van der Waals surface area contributed by atoms with E-state index in [1.807, 2.05) is 19.1 Å². The lowest BCUT2D eigenvalue weighted by Crippen LogP contribution is -1.97. The Hall–Kier alpha value is -0.630. The Morgan fingerprint density at radius 3 is 2.58 bits per heavy atom. The number of unbranched alkanes of at least 4 members (excludes halogenated alkanes) is 3. The summed E-state index contributed by atoms with van der Waals surface area (Å²) in [5.41, 5.74) is 0. The first-order chi connectivity index (χ1) is 5.81. The number of hydrogen-bond donors (Lipinski definition) is 1. The van der Waals surface area contributed by atoms with Crippen LogP contribution in [0.5, 0.6) is 0 Å². The summed E-state index contributed by atoms with van der Waals surface area (Å²) in [7, 11) is 0. The molecule has 0 saturated carbocycles. The molecule has 0 saturated heterocycles. The predicted molar refractivity (Wildman–Crippen MR) is 50.0 cm³/mol. The van der Waals surface area contributed by atoms with Crippen molar-refractivity contribution < 1.29 is 9.90 Å². The number of aliphatic hydroxyl groups excluding tert-OH is 1. The van der Waals surface area contributed by atoms with E-state index >= 15 is 0 Å². The van der Waals surface area contributed by atoms with Gasteiger partial charge in [-0.25, -0.2) is 0 Å². The highest BCUT2D eigenvalue weighted by molar-refractivity contribution is 5.48. The average Bonchev–Trinajstić information content (AvgIpc) is 2.10. The Balaban J connectivity index is 3.18. The van der Waals surface area contributed by atoms with Gasteiger partial charge in [-0.3, -0.25) is 0 Å². The van der Waals surface area contributed by atoms with Crippen LogP contribution >= 0.6 is 0 Å². The van der Waals surface area contributed by atoms with Crippen LogP contribution in [-0.4, -0.2) is 17.5 Å². The highest BCUT2D eigenvalue weighted by Gasteiger charge is 1.91. The summed E-state index contributed by atoms with van der Waals surface area (Å²) in [6.07, 6.45) is 8.84. The lowest BCUT2D eigenvalue weighted by Gasteiger charge is -1.98. The number of carbonyl (C=O) groups excluding carboxylic acids is 1. The van der Waals surface area contributed by atoms with Crippen molar-refractivity contribution in [3.63, 3.8) is 0 Å². The van der Waals surface area contributed by atoms with E-state index < -0.39 is 0 Å². The first-order valence-electron chi connectivity index (χ1n) is 4.59. The maximum atomic E-state index is 9.93. The molecule has 70 valence electrons. The summed E-state index contributed by atoms with van der Waals surface area (Å²) in [4.78, 5) is 9.93. The van der Waals surface area contributed by atoms with E-state index in [2.05, 4.69) is 0 Å². The fourth-order valence-electron chi connectivity index (χ4n) is 0.879. The van der Waals surface area contributed by atoms with Crippen LogP contribution in [-0.2, 0) is 4.79 Å². The van der Waals surface area contributed by atoms with E-state index in [9.17, 15) is 4.79 Å². The van der Waals surface area contributed by atoms with Gasteiger partial charge in [-0.2, -0.15) is 0 Å². The Kier molecular flexibility index (Phi) is 8.02. The first kappa shape index (κ1) is 11.4. The molecule has 0 radical (unpaired) electrons. The summed E-state index contributed by atoms with van der Waals surface area (Å²) in [6, 6.07) is 0. The van der Waals surface area contributed by atoms with Crippen molar-refractivity contribution in [2.45, 2.75) is 45.1 Å². The highest BCUT2D eigenvalue weighted by atomic mass is 16.3. The Bertz CT molecular complexity index is 130. The molecule has 1 N–H and O–H groups in total. The molecule has 2 nitrogen and oxygen atoms in total. The van der Waals surface area contributed by atoms with Gasteiger partial charge >= 0.3 is 0 Å². The van der Waals surface area contributed by atoms with Gasteiger partial charge in [-0.15, -0.1) is 0 Å². The molecule has 1 atom stereocenters. The van der Waals surface area contributed by atoms with Crippen LogP contribution in [0, 0.1) is 0 Å². The molecule has 0 amide bonds. The third kappa shape index (κ3) is 7.48. The van der Waals surface area contributed by atoms with Crippen LogP contribution in [0.3, 0.4) is 0 Å². The molecule has 12 heavy (non-hydrogen) atoms. The van der Waals surface area contributed by atoms with Gasteiger partial charge in [-0.1, -0.05) is 19.1 Å². The van der Waals surface area contributed by atoms with Crippen LogP contribution in [0.1, 0.15) is 39.0 Å². The minimum Gasteiger partial charge on any atom is -0.389 e. The van der Waals surface area contributed by atoms with Crippen LogP contribution in [0.15, 0.2) is 12.2 Å². The molecule has 0 fully saturated rings. The van der Waals surface area contributed by atoms with E-state index in [-0.39, 0.29) is 6.10 Å². The fourth-order valence-corrected chi connectivity index (χ4v) is 0.879. The Morgan fingerprint density at radius 2 is 2.00 bits per heavy atom. The van der Waals surface area contributed by atoms with E-state index in [0.717, 1.165) is 32.0 Å². The molecule has 0 unspecified atom stereocenters. The lowest BCUT2D eigenvalue weighted by atomic mass is 10.1. The molecule has 0 aliphatic rings. The summed E-state index contributed by atoms with van der Waals surface area (Å²) >= 11 is 0. The molecule has 2 heteroatoms. The SMILES string of the molecule is CC[C@H](O)C=CCCCCC=O. The number of rotatable bonds is 7. The third-order valence-corrected chi connectivity index (χ3v) is 1.72. The molecule has 0 aromatic heterocycles. The second-order valence-electron chi connectivity index (χ2n) is 2.85. The van der Waals surface area contributed by atoms with Gasteiger partial charge in [0.15, 0.2) is 0 Å². The van der Waals surface area contributed by atoms with Crippen molar-refractivity contribution in [1.82, 2.24) is 0 Å². The molecular formula is C10H18O2. The molecular weight excluding hydrogens is 152 g/mol. The number of hydrogen-bond acceptors (Lipinski definition) is 2. The summed E-state index contributed by atoms with van der Waals surface area (Å²) in [6.45, 7) is 1.95. The van der Waals surface area contributed by atoms with Gasteiger partial charge in [0, 0.05) is 6.42 Å². The van der Waals surface area contributed by atoms with Gasteiger partial charge in [0.25, 0.3) is 0 Å². The topological polar surface area (TPSA) is 37.3 Å². The van der Waals surface area contributed by atoms with Crippen LogP contribution in [0.4, 0.5) is 0 Å². The van der Waals surface area contributed by atoms with Crippen molar-refractivity contribution in [2.24, 2.45) is 0 Å². The van der Waals surface area contributed by atoms with Crippen LogP contribution < -0.4 is 0 Å². The Labute approximate surface area is 74.3 Å². The van der Waals surface area contributed by atoms with Gasteiger partial charge in [-0.05, 0) is 25.7 Å². The minimum atomic E-state index is -0.295. The molecule has 0 aliphatic carbocycles. The van der Waals surface area contributed by atoms with Crippen LogP contribution in [0.25, 0.3) is 0 Å². The second kappa shape index (κ2) is 8.47. The fraction of sp³-hybridized carbons (Fsp3) is 0.700. The minimum absolute atomic E-state index is 0.295. The maximum Gasteiger partial charge on any atom is 0.119 e. The largest absolute Gasteiger partial charge is 0.389 e. The van der Waals surface area contributed by atoms with Gasteiger partial charge in [0.05, 0.1) is 6.10 Å². The van der Waals surface area contributed by atoms with E-state index in [0.29, 0.717) is 6.42 Å². The second-order valence-corrected chi connectivity index (χ2v) is 2.85. The lowest BCUT2D eigenvalue weighted by molar-refractivity contribution is -0.107. The van der Waals surface area contributed by atoms with Crippen molar-refractivity contribution in [3.05, 3.63) is 12.2 Å². The monoisotopic (exact) mass is 170 g/mol. The number of aliphatic hydroxyl groups is 1. The maximum absolute atomic E-state index is 9.93. The zero-order valence-electron chi connectivity index (χ0n) is 7.70. The molecule has 0 aliphatic heterocycles. The van der Waals surface area contributed by atoms with Crippen molar-refractivity contribution in [3.8, 4) is 0 Å². The number of allylic oxidation sites excluding steroid dienone is 1. The zero-order chi connectivity index (χ0) is 9.23. The quantitative estimate of drug-likeness (QED) is 0.361. The Morgan fingerprint density at radius 1 is 1.33 bits per heavy atom. The highest BCUT2D eigenvalue weighted by Crippen LogP contribution is 2.00. The average molecular weight is 170 g/mol. The zero-order valence-corrected chi connectivity index (χ0v) is 7.70. The van der Waals surface area contributed by atoms with Gasteiger partial charge < -0.3 is 9.90 Å². The summed E-state index contributed by atoms with van der Waals surface area (Å²) in [5, 5.41) is 9.12. The van der Waals surface area contributed by atoms with Crippen LogP contribution in [0.2, 0.25) is 0 Å². The molecule has 0 bridgehead atoms. The third-order valence-electron chi connectivity index (χ3n) is 1.72. The van der Waals surface area contributed by atoms with Gasteiger partial charge in [0.1, 0.15) is 6.29 Å². The molecule has 0 rings (SSSR count). The predicted octanol–water partition coefficient (Wildman–Crippen LogP) is 2.07. The van der Waals surface area contributed by atoms with Crippen molar-refractivity contribution in [2.75, 3.05) is 0 Å². The molecule has 0 aromatic carbocycles. The van der Waals surface area contributed by atoms with Gasteiger partial charge in [0.2, 0.25) is 0 Å². The normalized spacial score (nSPS) is 13.5. The molecule has 0 heterocycles. The summed E-state index contributed by atoms with van der Waals surface area (Å²) in [5.74, 6) is 0. The van der Waals surface area contributed by atoms with E-state index in [1.165, 1.54) is 0 Å². The number of aldehydes is 1. The standard InChI is InChI=1S/C10H18O2/c1-2-10(12)8-6-4-3-5-7-9-11/h6,8-10,12H,2-5,7H2,1H3/t10-/m0/s1. The van der Waals surface area contributed by atoms with E-state index in [1.54, 1.807) is 0 Å². The van der Waals surface area contributed by atoms with E-state index in [4.69, 9.17) is 5.11 Å².